The van der Waals surface area contributed by atoms with Gasteiger partial charge >= 0.3 is 0 Å². The van der Waals surface area contributed by atoms with Gasteiger partial charge in [0.05, 0.1) is 0 Å². The van der Waals surface area contributed by atoms with Crippen LogP contribution in [0.2, 0.25) is 0 Å². The molecule has 2 fully saturated rings. The number of anilines is 2. The van der Waals surface area contributed by atoms with Crippen molar-refractivity contribution >= 4 is 23.4 Å². The number of aromatic nitrogens is 2. The van der Waals surface area contributed by atoms with E-state index < -0.39 is 0 Å². The van der Waals surface area contributed by atoms with Gasteiger partial charge in [-0.15, -0.1) is 0 Å². The number of methoxy groups -OCH3 is 1. The molecule has 3 rings (SSSR count). The lowest BCUT2D eigenvalue weighted by molar-refractivity contribution is 0.178. The molecule has 1 N–H and O–H groups in total. The predicted molar refractivity (Wildman–Crippen MR) is 106 cm³/mol. The summed E-state index contributed by atoms with van der Waals surface area (Å²) in [5, 5.41) is 4.39. The molecule has 25 heavy (non-hydrogen) atoms. The van der Waals surface area contributed by atoms with Crippen LogP contribution in [0.5, 0.6) is 0 Å². The van der Waals surface area contributed by atoms with E-state index in [2.05, 4.69) is 46.5 Å². The van der Waals surface area contributed by atoms with Crippen LogP contribution in [-0.2, 0) is 11.3 Å². The molecule has 0 spiro atoms. The molecular formula is C18H31N5OS. The fraction of sp³-hybridized carbons (Fsp3) is 0.778. The van der Waals surface area contributed by atoms with E-state index in [1.54, 1.807) is 7.11 Å². The Morgan fingerprint density at radius 1 is 1.36 bits per heavy atom. The Labute approximate surface area is 155 Å². The second-order valence-electron chi connectivity index (χ2n) is 7.39. The highest BCUT2D eigenvalue weighted by Crippen LogP contribution is 2.35. The summed E-state index contributed by atoms with van der Waals surface area (Å²) in [6.45, 7) is 3.52. The molecule has 1 aliphatic heterocycles. The Morgan fingerprint density at radius 2 is 2.16 bits per heavy atom. The van der Waals surface area contributed by atoms with E-state index in [1.165, 1.54) is 19.3 Å². The number of rotatable bonds is 8. The van der Waals surface area contributed by atoms with Gasteiger partial charge in [-0.2, -0.15) is 11.8 Å². The van der Waals surface area contributed by atoms with E-state index in [0.717, 1.165) is 48.3 Å². The Bertz CT molecular complexity index is 564. The molecule has 1 saturated carbocycles. The molecule has 0 aromatic carbocycles. The second-order valence-corrected chi connectivity index (χ2v) is 8.53. The Hall–Kier alpha value is -1.05. The van der Waals surface area contributed by atoms with Crippen molar-refractivity contribution in [2.24, 2.45) is 5.92 Å². The number of thioether (sulfide) groups is 1. The highest BCUT2D eigenvalue weighted by molar-refractivity contribution is 7.99. The molecule has 1 saturated heterocycles. The molecule has 2 aliphatic rings. The van der Waals surface area contributed by atoms with Gasteiger partial charge in [0.15, 0.2) is 5.82 Å². The molecule has 2 heterocycles. The first-order chi connectivity index (χ1) is 12.1. The summed E-state index contributed by atoms with van der Waals surface area (Å²) in [5.41, 5.74) is 0. The van der Waals surface area contributed by atoms with Crippen molar-refractivity contribution in [3.63, 3.8) is 0 Å². The van der Waals surface area contributed by atoms with Crippen LogP contribution in [0.25, 0.3) is 0 Å². The van der Waals surface area contributed by atoms with Crippen LogP contribution >= 0.6 is 11.8 Å². The zero-order valence-electron chi connectivity index (χ0n) is 15.9. The lowest BCUT2D eigenvalue weighted by atomic mass is 9.85. The van der Waals surface area contributed by atoms with E-state index in [0.29, 0.717) is 12.6 Å². The highest BCUT2D eigenvalue weighted by atomic mass is 32.2. The first-order valence-electron chi connectivity index (χ1n) is 9.14. The third-order valence-electron chi connectivity index (χ3n) is 5.35. The van der Waals surface area contributed by atoms with Gasteiger partial charge in [0.1, 0.15) is 18.2 Å². The summed E-state index contributed by atoms with van der Waals surface area (Å²) in [7, 11) is 5.99. The summed E-state index contributed by atoms with van der Waals surface area (Å²) in [6, 6.07) is 2.69. The molecule has 0 radical (unpaired) electrons. The monoisotopic (exact) mass is 365 g/mol. The minimum atomic E-state index is 0.450. The van der Waals surface area contributed by atoms with E-state index >= 15 is 0 Å². The average Bonchev–Trinajstić information content (AvgIpc) is 3.04. The van der Waals surface area contributed by atoms with Crippen LogP contribution in [0.15, 0.2) is 6.07 Å². The number of ether oxygens (including phenoxy) is 1. The van der Waals surface area contributed by atoms with Gasteiger partial charge in [-0.25, -0.2) is 9.97 Å². The van der Waals surface area contributed by atoms with Crippen LogP contribution in [0.1, 0.15) is 25.1 Å². The first kappa shape index (κ1) is 18.7. The van der Waals surface area contributed by atoms with E-state index in [-0.39, 0.29) is 0 Å². The second kappa shape index (κ2) is 8.56. The van der Waals surface area contributed by atoms with Gasteiger partial charge in [0.25, 0.3) is 0 Å². The molecule has 6 nitrogen and oxygen atoms in total. The van der Waals surface area contributed by atoms with Crippen molar-refractivity contribution in [1.82, 2.24) is 14.9 Å². The minimum Gasteiger partial charge on any atom is -0.377 e. The molecule has 1 atom stereocenters. The van der Waals surface area contributed by atoms with E-state index in [9.17, 15) is 0 Å². The summed E-state index contributed by atoms with van der Waals surface area (Å²) in [4.78, 5) is 14.0. The van der Waals surface area contributed by atoms with Gasteiger partial charge in [-0.3, -0.25) is 0 Å². The summed E-state index contributed by atoms with van der Waals surface area (Å²) in [6.07, 6.45) is 6.01. The predicted octanol–water partition coefficient (Wildman–Crippen LogP) is 2.32. The third-order valence-corrected chi connectivity index (χ3v) is 6.40. The van der Waals surface area contributed by atoms with E-state index in [4.69, 9.17) is 9.72 Å². The van der Waals surface area contributed by atoms with Crippen LogP contribution < -0.4 is 10.2 Å². The largest absolute Gasteiger partial charge is 0.377 e. The Morgan fingerprint density at radius 3 is 2.80 bits per heavy atom. The van der Waals surface area contributed by atoms with Crippen LogP contribution in [-0.4, -0.2) is 73.3 Å². The van der Waals surface area contributed by atoms with Crippen LogP contribution in [0.3, 0.4) is 0 Å². The lowest BCUT2D eigenvalue weighted by Crippen LogP contribution is -2.32. The molecule has 0 amide bonds. The first-order valence-corrected chi connectivity index (χ1v) is 10.4. The van der Waals surface area contributed by atoms with Crippen molar-refractivity contribution in [3.8, 4) is 0 Å². The topological polar surface area (TPSA) is 53.5 Å². The van der Waals surface area contributed by atoms with Crippen molar-refractivity contribution in [1.29, 1.82) is 0 Å². The van der Waals surface area contributed by atoms with Crippen LogP contribution in [0.4, 0.5) is 11.6 Å². The van der Waals surface area contributed by atoms with Crippen molar-refractivity contribution < 1.29 is 4.74 Å². The normalized spacial score (nSPS) is 26.1. The summed E-state index contributed by atoms with van der Waals surface area (Å²) >= 11 is 1.99. The zero-order valence-corrected chi connectivity index (χ0v) is 16.7. The number of likely N-dealkylation sites (N-methyl/N-ethyl adjacent to an activating group) is 1. The number of hydrogen-bond donors (Lipinski definition) is 1. The maximum Gasteiger partial charge on any atom is 0.158 e. The number of nitrogens with zero attached hydrogens (tertiary/aromatic N) is 4. The summed E-state index contributed by atoms with van der Waals surface area (Å²) < 4.78 is 5.26. The molecule has 0 bridgehead atoms. The molecular weight excluding hydrogens is 334 g/mol. The van der Waals surface area contributed by atoms with Gasteiger partial charge in [-0.05, 0) is 45.5 Å². The Kier molecular flexibility index (Phi) is 6.41. The zero-order chi connectivity index (χ0) is 17.8. The standard InChI is InChI=1S/C18H31N5OS/c1-22(2)14-5-6-23(11-14)18-9-16(20-17(21-18)12-24-3)19-10-13-7-15(8-13)25-4/h9,13-15H,5-8,10-12H2,1-4H3,(H,19,20,21)/t13?,14-,15?/m1/s1. The molecule has 7 heteroatoms. The molecule has 1 aliphatic carbocycles. The smallest absolute Gasteiger partial charge is 0.158 e. The van der Waals surface area contributed by atoms with Crippen molar-refractivity contribution in [2.75, 3.05) is 57.3 Å². The maximum absolute atomic E-state index is 5.26. The van der Waals surface area contributed by atoms with E-state index in [1.807, 2.05) is 11.8 Å². The van der Waals surface area contributed by atoms with Gasteiger partial charge in [-0.1, -0.05) is 0 Å². The van der Waals surface area contributed by atoms with Gasteiger partial charge in [0.2, 0.25) is 0 Å². The molecule has 1 aromatic heterocycles. The highest BCUT2D eigenvalue weighted by Gasteiger charge is 2.28. The third kappa shape index (κ3) is 4.77. The van der Waals surface area contributed by atoms with Crippen molar-refractivity contribution in [3.05, 3.63) is 11.9 Å². The molecule has 140 valence electrons. The summed E-state index contributed by atoms with van der Waals surface area (Å²) in [5.74, 6) is 3.47. The molecule has 0 unspecified atom stereocenters. The fourth-order valence-electron chi connectivity index (χ4n) is 3.58. The number of hydrogen-bond acceptors (Lipinski definition) is 7. The lowest BCUT2D eigenvalue weighted by Gasteiger charge is -2.34. The quantitative estimate of drug-likeness (QED) is 0.759. The average molecular weight is 366 g/mol. The Balaban J connectivity index is 1.65. The van der Waals surface area contributed by atoms with Gasteiger partial charge < -0.3 is 19.9 Å². The SMILES string of the molecule is COCc1nc(NCC2CC(SC)C2)cc(N2CC[C@@H](N(C)C)C2)n1. The van der Waals surface area contributed by atoms with Crippen LogP contribution in [0, 0.1) is 5.92 Å². The molecule has 1 aromatic rings. The van der Waals surface area contributed by atoms with Gasteiger partial charge in [0, 0.05) is 44.1 Å². The fourth-order valence-corrected chi connectivity index (χ4v) is 4.51. The number of nitrogens with one attached hydrogen (secondary N) is 1. The maximum atomic E-state index is 5.26. The minimum absolute atomic E-state index is 0.450. The van der Waals surface area contributed by atoms with Crippen molar-refractivity contribution in [2.45, 2.75) is 37.2 Å².